The van der Waals surface area contributed by atoms with E-state index in [1.807, 2.05) is 0 Å². The highest BCUT2D eigenvalue weighted by Gasteiger charge is 2.32. The first kappa shape index (κ1) is 18.2. The third-order valence-electron chi connectivity index (χ3n) is 6.78. The van der Waals surface area contributed by atoms with E-state index in [-0.39, 0.29) is 0 Å². The van der Waals surface area contributed by atoms with Gasteiger partial charge in [0, 0.05) is 0 Å². The second kappa shape index (κ2) is 9.14. The van der Waals surface area contributed by atoms with Crippen molar-refractivity contribution < 1.29 is 4.74 Å². The monoisotopic (exact) mass is 350 g/mol. The van der Waals surface area contributed by atoms with Crippen molar-refractivity contribution in [3.8, 4) is 0 Å². The lowest BCUT2D eigenvalue weighted by Crippen LogP contribution is -2.52. The van der Waals surface area contributed by atoms with Crippen molar-refractivity contribution in [1.82, 2.24) is 19.6 Å². The van der Waals surface area contributed by atoms with Crippen LogP contribution in [0.5, 0.6) is 0 Å². The molecular formula is C20H38N4O. The molecular weight excluding hydrogens is 312 g/mol. The first-order chi connectivity index (χ1) is 12.4. The first-order valence-electron chi connectivity index (χ1n) is 11.0. The molecule has 0 aromatic rings. The van der Waals surface area contributed by atoms with Gasteiger partial charge in [-0.1, -0.05) is 0 Å². The summed E-state index contributed by atoms with van der Waals surface area (Å²) in [6.45, 7) is 12.0. The number of likely N-dealkylation sites (tertiary alicyclic amines) is 4. The Bertz CT molecular complexity index is 315. The fourth-order valence-electron chi connectivity index (χ4n) is 5.32. The maximum Gasteiger partial charge on any atom is 0.0863 e. The number of ether oxygens (including phenoxy) is 1. The van der Waals surface area contributed by atoms with Crippen LogP contribution < -0.4 is 0 Å². The Kier molecular flexibility index (Phi) is 6.64. The van der Waals surface area contributed by atoms with E-state index >= 15 is 0 Å². The largest absolute Gasteiger partial charge is 0.375 e. The van der Waals surface area contributed by atoms with Gasteiger partial charge in [-0.25, -0.2) is 0 Å². The molecule has 0 N–H and O–H groups in total. The Balaban J connectivity index is 1.32. The highest BCUT2D eigenvalue weighted by Crippen LogP contribution is 2.22. The van der Waals surface area contributed by atoms with Gasteiger partial charge in [0.2, 0.25) is 0 Å². The minimum Gasteiger partial charge on any atom is -0.375 e. The number of rotatable bonds is 8. The van der Waals surface area contributed by atoms with Crippen LogP contribution in [0.4, 0.5) is 0 Å². The quantitative estimate of drug-likeness (QED) is 0.666. The van der Waals surface area contributed by atoms with Crippen LogP contribution in [0.1, 0.15) is 51.4 Å². The van der Waals surface area contributed by atoms with Gasteiger partial charge in [-0.2, -0.15) is 0 Å². The summed E-state index contributed by atoms with van der Waals surface area (Å²) in [6, 6.07) is 0. The fraction of sp³-hybridized carbons (Fsp3) is 1.00. The van der Waals surface area contributed by atoms with Crippen molar-refractivity contribution >= 4 is 0 Å². The first-order valence-corrected chi connectivity index (χ1v) is 11.0. The van der Waals surface area contributed by atoms with Crippen molar-refractivity contribution in [3.05, 3.63) is 0 Å². The molecule has 0 aliphatic carbocycles. The van der Waals surface area contributed by atoms with Gasteiger partial charge < -0.3 is 4.74 Å². The molecule has 0 saturated carbocycles. The zero-order chi connectivity index (χ0) is 16.9. The van der Waals surface area contributed by atoms with Crippen LogP contribution in [0, 0.1) is 0 Å². The minimum atomic E-state index is 0.530. The normalized spacial score (nSPS) is 27.6. The summed E-state index contributed by atoms with van der Waals surface area (Å²) in [7, 11) is 0. The Morgan fingerprint density at radius 3 is 0.920 bits per heavy atom. The molecule has 0 bridgehead atoms. The molecule has 5 heteroatoms. The molecule has 0 aromatic carbocycles. The summed E-state index contributed by atoms with van der Waals surface area (Å²) in [5, 5.41) is 0. The van der Waals surface area contributed by atoms with E-state index in [0.717, 1.165) is 13.2 Å². The van der Waals surface area contributed by atoms with Crippen LogP contribution in [0.2, 0.25) is 0 Å². The molecule has 4 aliphatic heterocycles. The highest BCUT2D eigenvalue weighted by molar-refractivity contribution is 4.83. The van der Waals surface area contributed by atoms with E-state index in [9.17, 15) is 0 Å². The average Bonchev–Trinajstić information content (AvgIpc) is 3.44. The van der Waals surface area contributed by atoms with E-state index in [0.29, 0.717) is 12.3 Å². The molecule has 0 radical (unpaired) electrons. The maximum atomic E-state index is 6.44. The van der Waals surface area contributed by atoms with Crippen LogP contribution in [0.25, 0.3) is 0 Å². The molecule has 25 heavy (non-hydrogen) atoms. The van der Waals surface area contributed by atoms with E-state index in [1.165, 1.54) is 104 Å². The van der Waals surface area contributed by atoms with Crippen LogP contribution in [0.3, 0.4) is 0 Å². The summed E-state index contributed by atoms with van der Waals surface area (Å²) in [4.78, 5) is 10.7. The summed E-state index contributed by atoms with van der Waals surface area (Å²) >= 11 is 0. The van der Waals surface area contributed by atoms with Gasteiger partial charge in [0.25, 0.3) is 0 Å². The van der Waals surface area contributed by atoms with E-state index in [4.69, 9.17) is 4.74 Å². The topological polar surface area (TPSA) is 22.2 Å². The van der Waals surface area contributed by atoms with Crippen molar-refractivity contribution in [2.75, 3.05) is 65.6 Å². The van der Waals surface area contributed by atoms with Gasteiger partial charge in [0.1, 0.15) is 0 Å². The molecule has 4 rings (SSSR count). The van der Waals surface area contributed by atoms with Crippen molar-refractivity contribution in [2.24, 2.45) is 0 Å². The molecule has 4 saturated heterocycles. The van der Waals surface area contributed by atoms with Crippen LogP contribution >= 0.6 is 0 Å². The predicted octanol–water partition coefficient (Wildman–Crippen LogP) is 2.04. The Morgan fingerprint density at radius 1 is 0.440 bits per heavy atom. The van der Waals surface area contributed by atoms with Gasteiger partial charge in [-0.15, -0.1) is 0 Å². The molecule has 4 aliphatic rings. The van der Waals surface area contributed by atoms with Gasteiger partial charge >= 0.3 is 0 Å². The van der Waals surface area contributed by atoms with Gasteiger partial charge in [0.15, 0.2) is 0 Å². The van der Waals surface area contributed by atoms with Crippen LogP contribution in [-0.2, 0) is 4.74 Å². The second-order valence-corrected chi connectivity index (χ2v) is 8.47. The van der Waals surface area contributed by atoms with E-state index in [1.54, 1.807) is 0 Å². The molecule has 0 amide bonds. The minimum absolute atomic E-state index is 0.530. The lowest BCUT2D eigenvalue weighted by atomic mass is 10.3. The molecule has 0 atom stereocenters. The molecule has 0 unspecified atom stereocenters. The predicted molar refractivity (Wildman–Crippen MR) is 102 cm³/mol. The SMILES string of the molecule is C1CCN(C(COCC(N2CCCC2)N2CCCC2)N2CCCC2)C1. The fourth-order valence-corrected chi connectivity index (χ4v) is 5.32. The van der Waals surface area contributed by atoms with Gasteiger partial charge in [-0.3, -0.25) is 19.6 Å². The molecule has 4 fully saturated rings. The molecule has 4 heterocycles. The van der Waals surface area contributed by atoms with E-state index in [2.05, 4.69) is 19.6 Å². The molecule has 5 nitrogen and oxygen atoms in total. The zero-order valence-electron chi connectivity index (χ0n) is 16.1. The zero-order valence-corrected chi connectivity index (χ0v) is 16.1. The van der Waals surface area contributed by atoms with Crippen LogP contribution in [-0.4, -0.2) is 97.5 Å². The second-order valence-electron chi connectivity index (χ2n) is 8.47. The Hall–Kier alpha value is -0.200. The number of nitrogens with zero attached hydrogens (tertiary/aromatic N) is 4. The smallest absolute Gasteiger partial charge is 0.0863 e. The molecule has 144 valence electrons. The summed E-state index contributed by atoms with van der Waals surface area (Å²) in [5.74, 6) is 0. The number of hydrogen-bond donors (Lipinski definition) is 0. The van der Waals surface area contributed by atoms with E-state index < -0.39 is 0 Å². The van der Waals surface area contributed by atoms with Crippen molar-refractivity contribution in [1.29, 1.82) is 0 Å². The Labute approximate surface area is 154 Å². The summed E-state index contributed by atoms with van der Waals surface area (Å²) in [5.41, 5.74) is 0. The standard InChI is InChI=1S/C20H38N4O/c1-2-10-21(9-1)19(22-11-3-4-12-22)17-25-18-20(23-13-5-6-14-23)24-15-7-8-16-24/h19-20H,1-18H2. The maximum absolute atomic E-state index is 6.44. The van der Waals surface area contributed by atoms with Gasteiger partial charge in [0.05, 0.1) is 25.5 Å². The third-order valence-corrected chi connectivity index (χ3v) is 6.78. The van der Waals surface area contributed by atoms with Crippen molar-refractivity contribution in [2.45, 2.75) is 63.7 Å². The molecule has 0 spiro atoms. The lowest BCUT2D eigenvalue weighted by Gasteiger charge is -2.38. The van der Waals surface area contributed by atoms with Crippen molar-refractivity contribution in [3.63, 3.8) is 0 Å². The highest BCUT2D eigenvalue weighted by atomic mass is 16.5. The lowest BCUT2D eigenvalue weighted by molar-refractivity contribution is -0.0498. The number of hydrogen-bond acceptors (Lipinski definition) is 5. The molecule has 0 aromatic heterocycles. The summed E-state index contributed by atoms with van der Waals surface area (Å²) in [6.07, 6.45) is 12.0. The van der Waals surface area contributed by atoms with Gasteiger partial charge in [-0.05, 0) is 104 Å². The third kappa shape index (κ3) is 4.56. The average molecular weight is 351 g/mol. The van der Waals surface area contributed by atoms with Crippen LogP contribution in [0.15, 0.2) is 0 Å². The Morgan fingerprint density at radius 2 is 0.680 bits per heavy atom. The summed E-state index contributed by atoms with van der Waals surface area (Å²) < 4.78 is 6.44.